The summed E-state index contributed by atoms with van der Waals surface area (Å²) in [6.07, 6.45) is -4.35. The van der Waals surface area contributed by atoms with E-state index in [-0.39, 0.29) is 30.0 Å². The third kappa shape index (κ3) is 3.95. The number of hydrogen-bond donors (Lipinski definition) is 1. The summed E-state index contributed by atoms with van der Waals surface area (Å²) in [5, 5.41) is 0. The van der Waals surface area contributed by atoms with Crippen LogP contribution in [0.15, 0.2) is 42.5 Å². The van der Waals surface area contributed by atoms with Gasteiger partial charge in [0.25, 0.3) is 0 Å². The van der Waals surface area contributed by atoms with Gasteiger partial charge in [-0.1, -0.05) is 6.07 Å². The second-order valence-electron chi connectivity index (χ2n) is 4.41. The molecule has 0 bridgehead atoms. The molecule has 2 aromatic rings. The maximum absolute atomic E-state index is 13.0. The predicted molar refractivity (Wildman–Crippen MR) is 70.7 cm³/mol. The van der Waals surface area contributed by atoms with Crippen LogP contribution in [-0.2, 0) is 12.6 Å². The minimum absolute atomic E-state index is 0.0368. The molecule has 0 radical (unpaired) electrons. The van der Waals surface area contributed by atoms with Crippen LogP contribution in [-0.4, -0.2) is 6.54 Å². The Morgan fingerprint density at radius 1 is 0.952 bits per heavy atom. The lowest BCUT2D eigenvalue weighted by Crippen LogP contribution is -2.12. The largest absolute Gasteiger partial charge is 0.457 e. The van der Waals surface area contributed by atoms with Gasteiger partial charge in [0.15, 0.2) is 0 Å². The van der Waals surface area contributed by atoms with Crippen LogP contribution < -0.4 is 10.5 Å². The topological polar surface area (TPSA) is 35.2 Å². The molecule has 112 valence electrons. The summed E-state index contributed by atoms with van der Waals surface area (Å²) in [5.74, 6) is -0.151. The molecular formula is C15H13F4NO. The van der Waals surface area contributed by atoms with E-state index in [1.54, 1.807) is 0 Å². The molecule has 2 rings (SSSR count). The molecule has 0 amide bonds. The van der Waals surface area contributed by atoms with E-state index < -0.39 is 17.6 Å². The Kier molecular flexibility index (Phi) is 4.47. The average Bonchev–Trinajstić information content (AvgIpc) is 2.42. The number of ether oxygens (including phenoxy) is 1. The highest BCUT2D eigenvalue weighted by Crippen LogP contribution is 2.35. The van der Waals surface area contributed by atoms with Gasteiger partial charge in [0.05, 0.1) is 5.56 Å². The molecule has 0 saturated heterocycles. The SMILES string of the molecule is NCCc1ccc(Oc2ccc(F)cc2)cc1C(F)(F)F. The lowest BCUT2D eigenvalue weighted by molar-refractivity contribution is -0.138. The van der Waals surface area contributed by atoms with Crippen LogP contribution in [0.4, 0.5) is 17.6 Å². The smallest absolute Gasteiger partial charge is 0.416 e. The Morgan fingerprint density at radius 3 is 2.14 bits per heavy atom. The quantitative estimate of drug-likeness (QED) is 0.861. The first kappa shape index (κ1) is 15.3. The lowest BCUT2D eigenvalue weighted by Gasteiger charge is -2.14. The highest BCUT2D eigenvalue weighted by Gasteiger charge is 2.33. The van der Waals surface area contributed by atoms with Crippen molar-refractivity contribution < 1.29 is 22.3 Å². The zero-order chi connectivity index (χ0) is 15.5. The molecule has 2 aromatic carbocycles. The van der Waals surface area contributed by atoms with E-state index in [1.165, 1.54) is 36.4 Å². The molecule has 2 nitrogen and oxygen atoms in total. The predicted octanol–water partition coefficient (Wildman–Crippen LogP) is 4.14. The number of hydrogen-bond acceptors (Lipinski definition) is 2. The third-order valence-corrected chi connectivity index (χ3v) is 2.85. The number of benzene rings is 2. The van der Waals surface area contributed by atoms with Crippen molar-refractivity contribution in [3.63, 3.8) is 0 Å². The van der Waals surface area contributed by atoms with Crippen LogP contribution >= 0.6 is 0 Å². The van der Waals surface area contributed by atoms with Crippen molar-refractivity contribution in [3.05, 3.63) is 59.4 Å². The Balaban J connectivity index is 2.31. The van der Waals surface area contributed by atoms with E-state index in [1.807, 2.05) is 0 Å². The van der Waals surface area contributed by atoms with Gasteiger partial charge in [-0.15, -0.1) is 0 Å². The minimum atomic E-state index is -4.48. The third-order valence-electron chi connectivity index (χ3n) is 2.85. The summed E-state index contributed by atoms with van der Waals surface area (Å²) >= 11 is 0. The van der Waals surface area contributed by atoms with Gasteiger partial charge < -0.3 is 10.5 Å². The average molecular weight is 299 g/mol. The van der Waals surface area contributed by atoms with Gasteiger partial charge in [-0.25, -0.2) is 4.39 Å². The number of alkyl halides is 3. The molecule has 0 spiro atoms. The van der Waals surface area contributed by atoms with Crippen molar-refractivity contribution >= 4 is 0 Å². The molecule has 0 atom stereocenters. The molecule has 0 aliphatic heterocycles. The first-order valence-corrected chi connectivity index (χ1v) is 6.24. The Morgan fingerprint density at radius 2 is 1.57 bits per heavy atom. The van der Waals surface area contributed by atoms with Crippen LogP contribution in [0.3, 0.4) is 0 Å². The zero-order valence-electron chi connectivity index (χ0n) is 11.0. The van der Waals surface area contributed by atoms with Crippen LogP contribution in [0, 0.1) is 5.82 Å². The maximum atomic E-state index is 13.0. The molecule has 0 fully saturated rings. The summed E-state index contributed by atoms with van der Waals surface area (Å²) in [6, 6.07) is 8.73. The molecule has 6 heteroatoms. The van der Waals surface area contributed by atoms with Crippen LogP contribution in [0.25, 0.3) is 0 Å². The van der Waals surface area contributed by atoms with E-state index in [2.05, 4.69) is 0 Å². The summed E-state index contributed by atoms with van der Waals surface area (Å²) in [5.41, 5.74) is 4.67. The first-order valence-electron chi connectivity index (χ1n) is 6.24. The van der Waals surface area contributed by atoms with Gasteiger partial charge in [-0.2, -0.15) is 13.2 Å². The molecule has 0 aliphatic carbocycles. The maximum Gasteiger partial charge on any atom is 0.416 e. The van der Waals surface area contributed by atoms with Gasteiger partial charge in [-0.3, -0.25) is 0 Å². The van der Waals surface area contributed by atoms with Gasteiger partial charge in [-0.05, 0) is 54.9 Å². The molecule has 2 N–H and O–H groups in total. The van der Waals surface area contributed by atoms with Crippen molar-refractivity contribution in [2.75, 3.05) is 6.54 Å². The van der Waals surface area contributed by atoms with Gasteiger partial charge >= 0.3 is 6.18 Å². The van der Waals surface area contributed by atoms with E-state index in [0.29, 0.717) is 0 Å². The molecule has 21 heavy (non-hydrogen) atoms. The van der Waals surface area contributed by atoms with Crippen molar-refractivity contribution in [1.29, 1.82) is 0 Å². The summed E-state index contributed by atoms with van der Waals surface area (Å²) in [7, 11) is 0. The number of rotatable bonds is 4. The summed E-state index contributed by atoms with van der Waals surface area (Å²) < 4.78 is 57.1. The van der Waals surface area contributed by atoms with Crippen molar-refractivity contribution in [3.8, 4) is 11.5 Å². The number of halogens is 4. The Labute approximate surface area is 119 Å². The zero-order valence-corrected chi connectivity index (χ0v) is 11.0. The minimum Gasteiger partial charge on any atom is -0.457 e. The molecular weight excluding hydrogens is 286 g/mol. The highest BCUT2D eigenvalue weighted by atomic mass is 19.4. The molecule has 0 saturated carbocycles. The lowest BCUT2D eigenvalue weighted by atomic mass is 10.0. The van der Waals surface area contributed by atoms with E-state index in [4.69, 9.17) is 10.5 Å². The molecule has 0 aromatic heterocycles. The summed E-state index contributed by atoms with van der Waals surface area (Å²) in [4.78, 5) is 0. The van der Waals surface area contributed by atoms with Gasteiger partial charge in [0.1, 0.15) is 17.3 Å². The van der Waals surface area contributed by atoms with Gasteiger partial charge in [0.2, 0.25) is 0 Å². The monoisotopic (exact) mass is 299 g/mol. The number of nitrogens with two attached hydrogens (primary N) is 1. The van der Waals surface area contributed by atoms with E-state index >= 15 is 0 Å². The second kappa shape index (κ2) is 6.13. The summed E-state index contributed by atoms with van der Waals surface area (Å²) in [6.45, 7) is 0.126. The highest BCUT2D eigenvalue weighted by molar-refractivity contribution is 5.40. The van der Waals surface area contributed by atoms with Crippen molar-refractivity contribution in [2.24, 2.45) is 5.73 Å². The molecule has 0 aliphatic rings. The standard InChI is InChI=1S/C15H13F4NO/c16-11-2-5-12(6-3-11)21-13-4-1-10(7-8-20)14(9-13)15(17,18)19/h1-6,9H,7-8,20H2. The van der Waals surface area contributed by atoms with Crippen molar-refractivity contribution in [1.82, 2.24) is 0 Å². The van der Waals surface area contributed by atoms with Crippen molar-refractivity contribution in [2.45, 2.75) is 12.6 Å². The molecule has 0 unspecified atom stereocenters. The molecule has 0 heterocycles. The fourth-order valence-electron chi connectivity index (χ4n) is 1.90. The van der Waals surface area contributed by atoms with E-state index in [9.17, 15) is 17.6 Å². The fourth-order valence-corrected chi connectivity index (χ4v) is 1.90. The first-order chi connectivity index (χ1) is 9.90. The normalized spacial score (nSPS) is 11.5. The van der Waals surface area contributed by atoms with Gasteiger partial charge in [0, 0.05) is 0 Å². The second-order valence-corrected chi connectivity index (χ2v) is 4.41. The Hall–Kier alpha value is -2.08. The van der Waals surface area contributed by atoms with Crippen LogP contribution in [0.1, 0.15) is 11.1 Å². The Bertz CT molecular complexity index is 608. The van der Waals surface area contributed by atoms with Crippen LogP contribution in [0.2, 0.25) is 0 Å². The van der Waals surface area contributed by atoms with Crippen LogP contribution in [0.5, 0.6) is 11.5 Å². The van der Waals surface area contributed by atoms with E-state index in [0.717, 1.165) is 6.07 Å². The fraction of sp³-hybridized carbons (Fsp3) is 0.200.